The van der Waals surface area contributed by atoms with Gasteiger partial charge in [-0.3, -0.25) is 4.79 Å². The number of amides is 1. The van der Waals surface area contributed by atoms with Crippen LogP contribution in [-0.2, 0) is 11.2 Å². The molecular formula is C22H25N5OS. The highest BCUT2D eigenvalue weighted by molar-refractivity contribution is 8.00. The van der Waals surface area contributed by atoms with Gasteiger partial charge in [0.15, 0.2) is 5.82 Å². The molecule has 0 bridgehead atoms. The Bertz CT molecular complexity index is 1040. The van der Waals surface area contributed by atoms with Crippen LogP contribution in [-0.4, -0.2) is 26.0 Å². The van der Waals surface area contributed by atoms with Crippen LogP contribution in [0.3, 0.4) is 0 Å². The molecule has 0 unspecified atom stereocenters. The summed E-state index contributed by atoms with van der Waals surface area (Å²) in [5, 5.41) is 11.9. The molecule has 2 heterocycles. The molecule has 0 aliphatic carbocycles. The number of carbonyl (C=O) groups is 1. The van der Waals surface area contributed by atoms with E-state index in [4.69, 9.17) is 0 Å². The number of hydrogen-bond acceptors (Lipinski definition) is 5. The number of fused-ring (bicyclic) bond motifs is 1. The number of benzene rings is 2. The standard InChI is InChI=1S/C22H25N5OS/c1-5-18-24-25-22-27(18)26-19(16-9-6-13(2)7-10-16)20(29-22)21(28)23-17-11-8-14(3)15(4)12-17/h6-12,19-20,26H,5H2,1-4H3,(H,23,28)/t19-,20+/m0/s1. The first kappa shape index (κ1) is 19.5. The van der Waals surface area contributed by atoms with Gasteiger partial charge < -0.3 is 10.7 Å². The van der Waals surface area contributed by atoms with Gasteiger partial charge in [-0.05, 0) is 49.6 Å². The van der Waals surface area contributed by atoms with Crippen LogP contribution in [0.5, 0.6) is 0 Å². The predicted molar refractivity (Wildman–Crippen MR) is 117 cm³/mol. The molecule has 1 aliphatic heterocycles. The molecule has 0 spiro atoms. The summed E-state index contributed by atoms with van der Waals surface area (Å²) in [6, 6.07) is 14.1. The maximum absolute atomic E-state index is 13.3. The first-order valence-corrected chi connectivity index (χ1v) is 10.7. The molecule has 150 valence electrons. The summed E-state index contributed by atoms with van der Waals surface area (Å²) in [4.78, 5) is 13.3. The number of nitrogens with zero attached hydrogens (tertiary/aromatic N) is 3. The number of carbonyl (C=O) groups excluding carboxylic acids is 1. The number of rotatable bonds is 4. The summed E-state index contributed by atoms with van der Waals surface area (Å²) in [6.07, 6.45) is 0.765. The Labute approximate surface area is 175 Å². The van der Waals surface area contributed by atoms with Crippen LogP contribution in [0.2, 0.25) is 0 Å². The normalized spacial score (nSPS) is 18.1. The quantitative estimate of drug-likeness (QED) is 0.679. The van der Waals surface area contributed by atoms with Crippen LogP contribution >= 0.6 is 11.8 Å². The van der Waals surface area contributed by atoms with Crippen LogP contribution in [0, 0.1) is 20.8 Å². The highest BCUT2D eigenvalue weighted by Crippen LogP contribution is 2.37. The van der Waals surface area contributed by atoms with E-state index in [0.717, 1.165) is 29.1 Å². The molecule has 4 rings (SSSR count). The molecule has 2 aromatic carbocycles. The molecule has 2 N–H and O–H groups in total. The van der Waals surface area contributed by atoms with E-state index in [1.165, 1.54) is 22.9 Å². The Kier molecular flexibility index (Phi) is 5.32. The van der Waals surface area contributed by atoms with Crippen molar-refractivity contribution in [3.05, 3.63) is 70.5 Å². The van der Waals surface area contributed by atoms with Crippen LogP contribution < -0.4 is 10.7 Å². The summed E-state index contributed by atoms with van der Waals surface area (Å²) >= 11 is 1.45. The van der Waals surface area contributed by atoms with E-state index in [0.29, 0.717) is 5.16 Å². The first-order valence-electron chi connectivity index (χ1n) is 9.78. The van der Waals surface area contributed by atoms with Crippen molar-refractivity contribution in [3.63, 3.8) is 0 Å². The van der Waals surface area contributed by atoms with Gasteiger partial charge in [-0.1, -0.05) is 54.6 Å². The second kappa shape index (κ2) is 7.91. The van der Waals surface area contributed by atoms with Gasteiger partial charge in [0.05, 0.1) is 6.04 Å². The van der Waals surface area contributed by atoms with E-state index >= 15 is 0 Å². The predicted octanol–water partition coefficient (Wildman–Crippen LogP) is 4.16. The molecule has 1 aliphatic rings. The highest BCUT2D eigenvalue weighted by Gasteiger charge is 2.37. The average molecular weight is 408 g/mol. The molecule has 0 radical (unpaired) electrons. The van der Waals surface area contributed by atoms with Crippen molar-refractivity contribution in [1.29, 1.82) is 0 Å². The lowest BCUT2D eigenvalue weighted by Crippen LogP contribution is -2.41. The van der Waals surface area contributed by atoms with Crippen molar-refractivity contribution < 1.29 is 4.79 Å². The number of hydrogen-bond donors (Lipinski definition) is 2. The monoisotopic (exact) mass is 407 g/mol. The minimum Gasteiger partial charge on any atom is -0.325 e. The van der Waals surface area contributed by atoms with Gasteiger partial charge in [-0.15, -0.1) is 10.2 Å². The number of aromatic nitrogens is 3. The van der Waals surface area contributed by atoms with Crippen molar-refractivity contribution in [2.24, 2.45) is 0 Å². The Morgan fingerprint density at radius 2 is 1.86 bits per heavy atom. The molecule has 0 saturated heterocycles. The summed E-state index contributed by atoms with van der Waals surface area (Å²) in [7, 11) is 0. The van der Waals surface area contributed by atoms with Crippen molar-refractivity contribution >= 4 is 23.4 Å². The van der Waals surface area contributed by atoms with Crippen molar-refractivity contribution in [1.82, 2.24) is 14.9 Å². The fourth-order valence-corrected chi connectivity index (χ4v) is 4.48. The van der Waals surface area contributed by atoms with E-state index in [1.807, 2.05) is 36.7 Å². The van der Waals surface area contributed by atoms with E-state index in [-0.39, 0.29) is 17.2 Å². The minimum absolute atomic E-state index is 0.0522. The Morgan fingerprint density at radius 3 is 2.55 bits per heavy atom. The SMILES string of the molecule is CCc1nnc2n1N[C@@H](c1ccc(C)cc1)[C@H](C(=O)Nc1ccc(C)c(C)c1)S2. The maximum atomic E-state index is 13.3. The summed E-state index contributed by atoms with van der Waals surface area (Å²) in [5.74, 6) is 0.807. The van der Waals surface area contributed by atoms with Gasteiger partial charge in [0.2, 0.25) is 11.1 Å². The summed E-state index contributed by atoms with van der Waals surface area (Å²) < 4.78 is 1.91. The number of anilines is 1. The molecule has 7 heteroatoms. The van der Waals surface area contributed by atoms with Gasteiger partial charge in [0.25, 0.3) is 0 Å². The average Bonchev–Trinajstić information content (AvgIpc) is 3.12. The van der Waals surface area contributed by atoms with Crippen LogP contribution in [0.4, 0.5) is 5.69 Å². The lowest BCUT2D eigenvalue weighted by molar-refractivity contribution is -0.116. The molecule has 0 fully saturated rings. The number of nitrogens with one attached hydrogen (secondary N) is 2. The van der Waals surface area contributed by atoms with Crippen molar-refractivity contribution in [2.45, 2.75) is 50.6 Å². The fourth-order valence-electron chi connectivity index (χ4n) is 3.38. The van der Waals surface area contributed by atoms with E-state index < -0.39 is 0 Å². The molecule has 29 heavy (non-hydrogen) atoms. The number of aryl methyl sites for hydroxylation is 4. The van der Waals surface area contributed by atoms with Gasteiger partial charge >= 0.3 is 0 Å². The molecule has 1 aromatic heterocycles. The molecule has 2 atom stereocenters. The van der Waals surface area contributed by atoms with Gasteiger partial charge in [0.1, 0.15) is 5.25 Å². The topological polar surface area (TPSA) is 71.8 Å². The largest absolute Gasteiger partial charge is 0.325 e. The molecule has 1 amide bonds. The van der Waals surface area contributed by atoms with E-state index in [9.17, 15) is 4.79 Å². The van der Waals surface area contributed by atoms with E-state index in [2.05, 4.69) is 59.1 Å². The highest BCUT2D eigenvalue weighted by atomic mass is 32.2. The van der Waals surface area contributed by atoms with Crippen LogP contribution in [0.25, 0.3) is 0 Å². The third-order valence-corrected chi connectivity index (χ3v) is 6.50. The van der Waals surface area contributed by atoms with Crippen molar-refractivity contribution in [3.8, 4) is 0 Å². The zero-order valence-corrected chi connectivity index (χ0v) is 17.9. The lowest BCUT2D eigenvalue weighted by Gasteiger charge is -2.33. The third-order valence-electron chi connectivity index (χ3n) is 5.29. The second-order valence-electron chi connectivity index (χ2n) is 7.43. The molecule has 3 aromatic rings. The molecule has 6 nitrogen and oxygen atoms in total. The third kappa shape index (κ3) is 3.87. The van der Waals surface area contributed by atoms with Gasteiger partial charge in [0, 0.05) is 12.1 Å². The maximum Gasteiger partial charge on any atom is 0.240 e. The smallest absolute Gasteiger partial charge is 0.240 e. The second-order valence-corrected chi connectivity index (χ2v) is 8.54. The molecule has 0 saturated carbocycles. The Balaban J connectivity index is 1.66. The Hall–Kier alpha value is -2.80. The first-order chi connectivity index (χ1) is 14.0. The molecular weight excluding hydrogens is 382 g/mol. The zero-order chi connectivity index (χ0) is 20.5. The van der Waals surface area contributed by atoms with Crippen molar-refractivity contribution in [2.75, 3.05) is 10.7 Å². The summed E-state index contributed by atoms with van der Waals surface area (Å²) in [5.41, 5.74) is 8.89. The van der Waals surface area contributed by atoms with Gasteiger partial charge in [-0.2, -0.15) is 0 Å². The lowest BCUT2D eigenvalue weighted by atomic mass is 10.0. The number of thioether (sulfide) groups is 1. The van der Waals surface area contributed by atoms with Crippen LogP contribution in [0.1, 0.15) is 41.0 Å². The van der Waals surface area contributed by atoms with E-state index in [1.54, 1.807) is 0 Å². The van der Waals surface area contributed by atoms with Crippen LogP contribution in [0.15, 0.2) is 47.6 Å². The minimum atomic E-state index is -0.374. The summed E-state index contributed by atoms with van der Waals surface area (Å²) in [6.45, 7) is 8.21. The zero-order valence-electron chi connectivity index (χ0n) is 17.1. The van der Waals surface area contributed by atoms with Gasteiger partial charge in [-0.25, -0.2) is 4.68 Å². The fraction of sp³-hybridized carbons (Fsp3) is 0.318. The Morgan fingerprint density at radius 1 is 1.10 bits per heavy atom.